The molecule has 0 aliphatic heterocycles. The van der Waals surface area contributed by atoms with Crippen LogP contribution >= 0.6 is 23.8 Å². The van der Waals surface area contributed by atoms with E-state index >= 15 is 0 Å². The first-order valence-electron chi connectivity index (χ1n) is 5.96. The molecule has 19 heavy (non-hydrogen) atoms. The maximum absolute atomic E-state index is 5.52. The van der Waals surface area contributed by atoms with Crippen LogP contribution in [0.1, 0.15) is 10.4 Å². The summed E-state index contributed by atoms with van der Waals surface area (Å²) in [7, 11) is 0. The van der Waals surface area contributed by atoms with Crippen molar-refractivity contribution in [2.45, 2.75) is 0 Å². The Kier molecular flexibility index (Phi) is 3.49. The Balaban J connectivity index is 1.92. The van der Waals surface area contributed by atoms with Crippen LogP contribution in [0.4, 0.5) is 0 Å². The summed E-state index contributed by atoms with van der Waals surface area (Å²) in [6.07, 6.45) is 0. The van der Waals surface area contributed by atoms with Crippen LogP contribution in [-0.4, -0.2) is 9.24 Å². The van der Waals surface area contributed by atoms with E-state index in [1.165, 1.54) is 11.5 Å². The molecule has 0 N–H and O–H groups in total. The fourth-order valence-electron chi connectivity index (χ4n) is 1.86. The average Bonchev–Trinajstić information content (AvgIpc) is 2.98. The Labute approximate surface area is 121 Å². The minimum atomic E-state index is 0.861. The first kappa shape index (κ1) is 12.2. The number of rotatable bonds is 3. The van der Waals surface area contributed by atoms with Gasteiger partial charge in [0.25, 0.3) is 0 Å². The maximum Gasteiger partial charge on any atom is 0.0847 e. The maximum atomic E-state index is 5.52. The molecule has 0 unspecified atom stereocenters. The zero-order chi connectivity index (χ0) is 13.1. The molecule has 92 valence electrons. The Bertz CT molecular complexity index is 687. The lowest BCUT2D eigenvalue weighted by atomic mass is 10.1. The highest BCUT2D eigenvalue weighted by Gasteiger charge is 2.09. The Morgan fingerprint density at radius 2 is 1.53 bits per heavy atom. The molecular formula is C16H11NS2. The highest BCUT2D eigenvalue weighted by atomic mass is 32.1. The molecule has 0 spiro atoms. The second kappa shape index (κ2) is 5.43. The molecular weight excluding hydrogens is 270 g/mol. The summed E-state index contributed by atoms with van der Waals surface area (Å²) in [5, 5.41) is 0. The molecule has 3 aromatic rings. The van der Waals surface area contributed by atoms with Crippen LogP contribution in [-0.2, 0) is 0 Å². The van der Waals surface area contributed by atoms with Crippen LogP contribution in [0.2, 0.25) is 0 Å². The third kappa shape index (κ3) is 2.62. The fraction of sp³-hybridized carbons (Fsp3) is 0. The summed E-state index contributed by atoms with van der Waals surface area (Å²) in [6, 6.07) is 22.3. The Morgan fingerprint density at radius 3 is 2.21 bits per heavy atom. The molecule has 1 heterocycles. The van der Waals surface area contributed by atoms with Crippen molar-refractivity contribution in [3.8, 4) is 11.3 Å². The van der Waals surface area contributed by atoms with Crippen LogP contribution in [0.25, 0.3) is 11.3 Å². The van der Waals surface area contributed by atoms with Gasteiger partial charge in [0.1, 0.15) is 0 Å². The lowest BCUT2D eigenvalue weighted by Crippen LogP contribution is -1.95. The zero-order valence-corrected chi connectivity index (χ0v) is 11.7. The van der Waals surface area contributed by atoms with Crippen LogP contribution in [0.3, 0.4) is 0 Å². The number of hydrogen-bond acceptors (Lipinski definition) is 3. The normalized spacial score (nSPS) is 10.3. The molecule has 0 bridgehead atoms. The summed E-state index contributed by atoms with van der Waals surface area (Å²) >= 11 is 6.98. The van der Waals surface area contributed by atoms with Gasteiger partial charge in [0.15, 0.2) is 0 Å². The summed E-state index contributed by atoms with van der Waals surface area (Å²) in [6.45, 7) is 0. The van der Waals surface area contributed by atoms with Crippen LogP contribution in [0.15, 0.2) is 66.7 Å². The van der Waals surface area contributed by atoms with Gasteiger partial charge in [-0.15, -0.1) is 0 Å². The monoisotopic (exact) mass is 281 g/mol. The van der Waals surface area contributed by atoms with Gasteiger partial charge in [0.05, 0.1) is 15.4 Å². The van der Waals surface area contributed by atoms with Gasteiger partial charge in [0, 0.05) is 5.56 Å². The van der Waals surface area contributed by atoms with E-state index in [0.717, 1.165) is 26.6 Å². The standard InChI is InChI=1S/C16H11NS2/c18-16(13-9-5-2-6-10-13)15-11-14(17-19-15)12-7-3-1-4-8-12/h1-11H. The van der Waals surface area contributed by atoms with E-state index in [0.29, 0.717) is 0 Å². The Morgan fingerprint density at radius 1 is 0.895 bits per heavy atom. The van der Waals surface area contributed by atoms with Gasteiger partial charge in [-0.25, -0.2) is 0 Å². The number of hydrogen-bond donors (Lipinski definition) is 0. The van der Waals surface area contributed by atoms with E-state index in [-0.39, 0.29) is 0 Å². The third-order valence-corrected chi connectivity index (χ3v) is 4.23. The van der Waals surface area contributed by atoms with Crippen molar-refractivity contribution < 1.29 is 0 Å². The topological polar surface area (TPSA) is 12.9 Å². The Hall–Kier alpha value is -1.84. The molecule has 3 heteroatoms. The number of thiocarbonyl (C=S) groups is 1. The lowest BCUT2D eigenvalue weighted by Gasteiger charge is -1.99. The molecule has 0 saturated heterocycles. The predicted molar refractivity (Wildman–Crippen MR) is 84.8 cm³/mol. The molecule has 0 amide bonds. The van der Waals surface area contributed by atoms with E-state index in [4.69, 9.17) is 12.2 Å². The van der Waals surface area contributed by atoms with E-state index in [9.17, 15) is 0 Å². The number of benzene rings is 2. The van der Waals surface area contributed by atoms with Gasteiger partial charge < -0.3 is 0 Å². The fourth-order valence-corrected chi connectivity index (χ4v) is 2.89. The van der Waals surface area contributed by atoms with E-state index < -0.39 is 0 Å². The van der Waals surface area contributed by atoms with Crippen molar-refractivity contribution in [2.24, 2.45) is 0 Å². The lowest BCUT2D eigenvalue weighted by molar-refractivity contribution is 1.52. The van der Waals surface area contributed by atoms with Gasteiger partial charge >= 0.3 is 0 Å². The van der Waals surface area contributed by atoms with Crippen molar-refractivity contribution in [2.75, 3.05) is 0 Å². The van der Waals surface area contributed by atoms with Gasteiger partial charge in [-0.3, -0.25) is 0 Å². The number of nitrogens with zero attached hydrogens (tertiary/aromatic N) is 1. The van der Waals surface area contributed by atoms with Crippen molar-refractivity contribution in [3.05, 3.63) is 77.2 Å². The second-order valence-electron chi connectivity index (χ2n) is 4.14. The third-order valence-electron chi connectivity index (χ3n) is 2.84. The number of aromatic nitrogens is 1. The van der Waals surface area contributed by atoms with Crippen molar-refractivity contribution in [1.29, 1.82) is 0 Å². The summed E-state index contributed by atoms with van der Waals surface area (Å²) < 4.78 is 4.49. The van der Waals surface area contributed by atoms with Crippen molar-refractivity contribution in [3.63, 3.8) is 0 Å². The first-order valence-corrected chi connectivity index (χ1v) is 7.14. The summed E-state index contributed by atoms with van der Waals surface area (Å²) in [4.78, 5) is 1.90. The van der Waals surface area contributed by atoms with E-state index in [1.807, 2.05) is 48.5 Å². The van der Waals surface area contributed by atoms with Crippen LogP contribution < -0.4 is 0 Å². The summed E-state index contributed by atoms with van der Waals surface area (Å²) in [5.41, 5.74) is 3.18. The minimum Gasteiger partial charge on any atom is -0.192 e. The van der Waals surface area contributed by atoms with Gasteiger partial charge in [0.2, 0.25) is 0 Å². The molecule has 0 radical (unpaired) electrons. The zero-order valence-electron chi connectivity index (χ0n) is 10.1. The molecule has 0 aliphatic rings. The van der Waals surface area contributed by atoms with Crippen LogP contribution in [0.5, 0.6) is 0 Å². The molecule has 0 atom stereocenters. The second-order valence-corrected chi connectivity index (χ2v) is 5.35. The van der Waals surface area contributed by atoms with Gasteiger partial charge in [-0.2, -0.15) is 4.37 Å². The largest absolute Gasteiger partial charge is 0.192 e. The average molecular weight is 281 g/mol. The SMILES string of the molecule is S=C(c1ccccc1)c1cc(-c2ccccc2)ns1. The van der Waals surface area contributed by atoms with E-state index in [1.54, 1.807) is 0 Å². The van der Waals surface area contributed by atoms with Gasteiger partial charge in [-0.05, 0) is 23.2 Å². The molecule has 2 aromatic carbocycles. The highest BCUT2D eigenvalue weighted by Crippen LogP contribution is 2.24. The van der Waals surface area contributed by atoms with Crippen LogP contribution in [0, 0.1) is 0 Å². The smallest absolute Gasteiger partial charge is 0.0847 e. The van der Waals surface area contributed by atoms with Gasteiger partial charge in [-0.1, -0.05) is 72.9 Å². The molecule has 1 nitrogen and oxygen atoms in total. The quantitative estimate of drug-likeness (QED) is 0.515. The molecule has 0 aliphatic carbocycles. The molecule has 0 fully saturated rings. The molecule has 1 aromatic heterocycles. The highest BCUT2D eigenvalue weighted by molar-refractivity contribution is 7.81. The first-order chi connectivity index (χ1) is 9.34. The van der Waals surface area contributed by atoms with Crippen molar-refractivity contribution in [1.82, 2.24) is 4.37 Å². The molecule has 0 saturated carbocycles. The van der Waals surface area contributed by atoms with E-state index in [2.05, 4.69) is 22.6 Å². The van der Waals surface area contributed by atoms with Crippen molar-refractivity contribution >= 4 is 28.6 Å². The predicted octanol–water partition coefficient (Wildman–Crippen LogP) is 4.58. The summed E-state index contributed by atoms with van der Waals surface area (Å²) in [5.74, 6) is 0. The minimum absolute atomic E-state index is 0.861. The molecule has 3 rings (SSSR count).